The van der Waals surface area contributed by atoms with E-state index in [4.69, 9.17) is 0 Å². The topological polar surface area (TPSA) is 55.8 Å². The average Bonchev–Trinajstić information content (AvgIpc) is 2.19. The van der Waals surface area contributed by atoms with Crippen LogP contribution in [-0.4, -0.2) is 59.6 Å². The minimum atomic E-state index is -0.598. The van der Waals surface area contributed by atoms with E-state index in [1.807, 2.05) is 13.8 Å². The van der Waals surface area contributed by atoms with Crippen LogP contribution in [0.25, 0.3) is 0 Å². The van der Waals surface area contributed by atoms with Gasteiger partial charge in [-0.15, -0.1) is 9.60 Å². The molecule has 7 heteroatoms. The van der Waals surface area contributed by atoms with E-state index in [0.717, 1.165) is 0 Å². The van der Waals surface area contributed by atoms with Gasteiger partial charge in [-0.3, -0.25) is 4.79 Å². The number of nitrogens with one attached hydrogen (secondary N) is 1. The molecule has 0 aromatic carbocycles. The summed E-state index contributed by atoms with van der Waals surface area (Å²) in [6.45, 7) is 6.47. The van der Waals surface area contributed by atoms with Crippen LogP contribution in [0.4, 0.5) is 4.48 Å². The third kappa shape index (κ3) is 4.61. The van der Waals surface area contributed by atoms with Crippen LogP contribution < -0.4 is 5.32 Å². The quantitative estimate of drug-likeness (QED) is 0.535. The molecular formula is C10H21BFN3O2. The molecule has 0 aliphatic carbocycles. The van der Waals surface area contributed by atoms with Gasteiger partial charge in [-0.25, -0.2) is 0 Å². The van der Waals surface area contributed by atoms with Crippen LogP contribution in [0.1, 0.15) is 20.3 Å². The van der Waals surface area contributed by atoms with E-state index in [9.17, 15) is 14.3 Å². The van der Waals surface area contributed by atoms with Crippen molar-refractivity contribution in [2.75, 3.05) is 19.6 Å². The van der Waals surface area contributed by atoms with E-state index in [2.05, 4.69) is 5.32 Å². The van der Waals surface area contributed by atoms with E-state index in [-0.39, 0.29) is 24.9 Å². The van der Waals surface area contributed by atoms with E-state index in [0.29, 0.717) is 18.2 Å². The van der Waals surface area contributed by atoms with Crippen molar-refractivity contribution in [1.82, 2.24) is 15.2 Å². The molecule has 1 aliphatic rings. The molecule has 0 saturated carbocycles. The van der Waals surface area contributed by atoms with Gasteiger partial charge in [0.2, 0.25) is 5.91 Å². The van der Waals surface area contributed by atoms with Gasteiger partial charge < -0.3 is 15.2 Å². The van der Waals surface area contributed by atoms with Gasteiger partial charge in [0.25, 0.3) is 0 Å². The molecule has 1 saturated heterocycles. The molecule has 17 heavy (non-hydrogen) atoms. The minimum absolute atomic E-state index is 0.0621. The Morgan fingerprint density at radius 1 is 1.59 bits per heavy atom. The standard InChI is InChI=1S/C10H21BFN3O2/c1-8(2)13-10(16)6-9-7-14(11(3)17)4-5-15(9)12/h8-9,17H,4-7H2,1-3H3,(H,13,16). The van der Waals surface area contributed by atoms with Gasteiger partial charge in [0, 0.05) is 32.1 Å². The highest BCUT2D eigenvalue weighted by Crippen LogP contribution is 2.14. The summed E-state index contributed by atoms with van der Waals surface area (Å²) < 4.78 is 13.5. The van der Waals surface area contributed by atoms with Gasteiger partial charge in [0.15, 0.2) is 0 Å². The van der Waals surface area contributed by atoms with Crippen LogP contribution in [-0.2, 0) is 4.79 Å². The smallest absolute Gasteiger partial charge is 0.376 e. The molecule has 0 bridgehead atoms. The third-order valence-corrected chi connectivity index (χ3v) is 2.84. The van der Waals surface area contributed by atoms with E-state index in [1.165, 1.54) is 0 Å². The second-order valence-electron chi connectivity index (χ2n) is 4.83. The minimum Gasteiger partial charge on any atom is -0.437 e. The summed E-state index contributed by atoms with van der Waals surface area (Å²) in [5.74, 6) is -0.153. The van der Waals surface area contributed by atoms with Crippen molar-refractivity contribution in [2.24, 2.45) is 0 Å². The number of amides is 1. The zero-order chi connectivity index (χ0) is 13.0. The van der Waals surface area contributed by atoms with E-state index < -0.39 is 13.1 Å². The third-order valence-electron chi connectivity index (χ3n) is 2.84. The Kier molecular flexibility index (Phi) is 5.36. The first-order chi connectivity index (χ1) is 7.90. The van der Waals surface area contributed by atoms with Crippen molar-refractivity contribution in [3.8, 4) is 0 Å². The molecule has 0 radical (unpaired) electrons. The molecule has 1 unspecified atom stereocenters. The predicted molar refractivity (Wildman–Crippen MR) is 64.9 cm³/mol. The largest absolute Gasteiger partial charge is 0.437 e. The Hall–Kier alpha value is -0.655. The second kappa shape index (κ2) is 6.32. The number of hydrogen-bond acceptors (Lipinski definition) is 4. The van der Waals surface area contributed by atoms with Gasteiger partial charge >= 0.3 is 7.05 Å². The SMILES string of the molecule is CB(O)N1CCN(F)C(CC(=O)NC(C)C)C1. The number of hydrogen-bond donors (Lipinski definition) is 2. The lowest BCUT2D eigenvalue weighted by Crippen LogP contribution is -2.55. The molecular weight excluding hydrogens is 224 g/mol. The lowest BCUT2D eigenvalue weighted by Gasteiger charge is -2.36. The molecule has 1 rings (SSSR count). The second-order valence-corrected chi connectivity index (χ2v) is 4.83. The van der Waals surface area contributed by atoms with E-state index >= 15 is 0 Å². The maximum Gasteiger partial charge on any atom is 0.376 e. The maximum atomic E-state index is 13.5. The van der Waals surface area contributed by atoms with E-state index in [1.54, 1.807) is 11.6 Å². The molecule has 1 atom stereocenters. The van der Waals surface area contributed by atoms with Crippen molar-refractivity contribution in [3.63, 3.8) is 0 Å². The average molecular weight is 245 g/mol. The van der Waals surface area contributed by atoms with Crippen LogP contribution in [0.2, 0.25) is 6.82 Å². The normalized spacial score (nSPS) is 22.8. The number of carbonyl (C=O) groups excluding carboxylic acids is 1. The highest BCUT2D eigenvalue weighted by Gasteiger charge is 2.31. The first-order valence-corrected chi connectivity index (χ1v) is 6.04. The summed E-state index contributed by atoms with van der Waals surface area (Å²) in [6.07, 6.45) is 0.123. The Morgan fingerprint density at radius 3 is 2.76 bits per heavy atom. The lowest BCUT2D eigenvalue weighted by molar-refractivity contribution is -0.127. The van der Waals surface area contributed by atoms with Gasteiger partial charge in [0.1, 0.15) is 0 Å². The number of piperazine rings is 1. The monoisotopic (exact) mass is 245 g/mol. The van der Waals surface area contributed by atoms with Gasteiger partial charge in [-0.1, -0.05) is 0 Å². The fraction of sp³-hybridized carbons (Fsp3) is 0.900. The molecule has 0 spiro atoms. The summed E-state index contributed by atoms with van der Waals surface area (Å²) in [7, 11) is -0.598. The molecule has 0 aromatic heterocycles. The first-order valence-electron chi connectivity index (χ1n) is 6.04. The molecule has 2 N–H and O–H groups in total. The van der Waals surface area contributed by atoms with Crippen LogP contribution in [0, 0.1) is 0 Å². The highest BCUT2D eigenvalue weighted by molar-refractivity contribution is 6.45. The number of rotatable bonds is 4. The first kappa shape index (κ1) is 14.4. The lowest BCUT2D eigenvalue weighted by atomic mass is 9.83. The Labute approximate surface area is 102 Å². The van der Waals surface area contributed by atoms with Crippen molar-refractivity contribution in [3.05, 3.63) is 0 Å². The zero-order valence-electron chi connectivity index (χ0n) is 10.7. The number of halogens is 1. The molecule has 0 aromatic rings. The van der Waals surface area contributed by atoms with Crippen molar-refractivity contribution < 1.29 is 14.3 Å². The van der Waals surface area contributed by atoms with Gasteiger partial charge in [0.05, 0.1) is 6.04 Å². The summed E-state index contributed by atoms with van der Waals surface area (Å²) >= 11 is 0. The Morgan fingerprint density at radius 2 is 2.24 bits per heavy atom. The van der Waals surface area contributed by atoms with Crippen molar-refractivity contribution >= 4 is 13.0 Å². The molecule has 1 fully saturated rings. The van der Waals surface area contributed by atoms with Crippen LogP contribution in [0.5, 0.6) is 0 Å². The number of carbonyl (C=O) groups is 1. The van der Waals surface area contributed by atoms with Crippen LogP contribution >= 0.6 is 0 Å². The van der Waals surface area contributed by atoms with Gasteiger partial charge in [-0.2, -0.15) is 0 Å². The number of nitrogens with zero attached hydrogens (tertiary/aromatic N) is 2. The van der Waals surface area contributed by atoms with Crippen LogP contribution in [0.15, 0.2) is 0 Å². The predicted octanol–water partition coefficient (Wildman–Crippen LogP) is -0.118. The summed E-state index contributed by atoms with van der Waals surface area (Å²) in [4.78, 5) is 13.3. The summed E-state index contributed by atoms with van der Waals surface area (Å²) in [5, 5.41) is 12.9. The maximum absolute atomic E-state index is 13.5. The Bertz CT molecular complexity index is 266. The molecule has 1 amide bonds. The zero-order valence-corrected chi connectivity index (χ0v) is 10.7. The molecule has 5 nitrogen and oxygen atoms in total. The molecule has 98 valence electrons. The van der Waals surface area contributed by atoms with Gasteiger partial charge in [-0.05, 0) is 20.7 Å². The fourth-order valence-corrected chi connectivity index (χ4v) is 1.96. The highest BCUT2D eigenvalue weighted by atomic mass is 19.2. The van der Waals surface area contributed by atoms with Crippen molar-refractivity contribution in [1.29, 1.82) is 0 Å². The summed E-state index contributed by atoms with van der Waals surface area (Å²) in [6, 6.07) is -0.413. The van der Waals surface area contributed by atoms with Crippen LogP contribution in [0.3, 0.4) is 0 Å². The molecule has 1 aliphatic heterocycles. The molecule has 1 heterocycles. The summed E-state index contributed by atoms with van der Waals surface area (Å²) in [5.41, 5.74) is 0. The fourth-order valence-electron chi connectivity index (χ4n) is 1.96. The van der Waals surface area contributed by atoms with Crippen molar-refractivity contribution in [2.45, 2.75) is 39.2 Å². The Balaban J connectivity index is 2.47.